The number of hydrogen-bond donors (Lipinski definition) is 2. The Labute approximate surface area is 172 Å². The third-order valence-electron chi connectivity index (χ3n) is 4.28. The third-order valence-corrected chi connectivity index (χ3v) is 4.28. The Kier molecular flexibility index (Phi) is 6.76. The van der Waals surface area contributed by atoms with E-state index in [0.29, 0.717) is 49.4 Å². The molecule has 0 amide bonds. The number of furan rings is 1. The molecule has 0 aliphatic carbocycles. The average molecular weight is 420 g/mol. The van der Waals surface area contributed by atoms with Crippen molar-refractivity contribution in [3.8, 4) is 11.6 Å². The van der Waals surface area contributed by atoms with E-state index >= 15 is 0 Å². The van der Waals surface area contributed by atoms with Gasteiger partial charge in [0, 0.05) is 33.1 Å². The Morgan fingerprint density at radius 3 is 2.63 bits per heavy atom. The van der Waals surface area contributed by atoms with Gasteiger partial charge < -0.3 is 14.6 Å². The lowest BCUT2D eigenvalue weighted by atomic mass is 10.1. The second kappa shape index (κ2) is 9.47. The Bertz CT molecular complexity index is 948. The van der Waals surface area contributed by atoms with Crippen LogP contribution < -0.4 is 5.32 Å². The summed E-state index contributed by atoms with van der Waals surface area (Å²) in [5, 5.41) is 10.2. The number of hydrogen-bond acceptors (Lipinski definition) is 4. The Morgan fingerprint density at radius 2 is 2.00 bits per heavy atom. The summed E-state index contributed by atoms with van der Waals surface area (Å²) in [5.41, 5.74) is 0.102. The number of halogens is 3. The first-order valence-corrected chi connectivity index (χ1v) is 9.47. The van der Waals surface area contributed by atoms with E-state index in [2.05, 4.69) is 25.5 Å². The van der Waals surface area contributed by atoms with Crippen molar-refractivity contribution in [2.24, 2.45) is 4.99 Å². The van der Waals surface area contributed by atoms with Crippen LogP contribution in [-0.2, 0) is 19.1 Å². The predicted octanol–water partition coefficient (Wildman–Crippen LogP) is 3.72. The number of aromatic nitrogens is 3. The van der Waals surface area contributed by atoms with E-state index in [0.717, 1.165) is 17.7 Å². The van der Waals surface area contributed by atoms with E-state index in [9.17, 15) is 13.2 Å². The van der Waals surface area contributed by atoms with Gasteiger partial charge in [0.15, 0.2) is 11.7 Å². The fraction of sp³-hybridized carbons (Fsp3) is 0.350. The number of benzene rings is 1. The van der Waals surface area contributed by atoms with Crippen molar-refractivity contribution in [2.45, 2.75) is 26.1 Å². The highest BCUT2D eigenvalue weighted by Gasteiger charge is 2.29. The van der Waals surface area contributed by atoms with Crippen LogP contribution >= 0.6 is 0 Å². The summed E-state index contributed by atoms with van der Waals surface area (Å²) >= 11 is 0. The monoisotopic (exact) mass is 420 g/mol. The van der Waals surface area contributed by atoms with Crippen LogP contribution in [0.4, 0.5) is 13.2 Å². The van der Waals surface area contributed by atoms with Gasteiger partial charge in [-0.1, -0.05) is 12.1 Å². The number of H-pyrrole nitrogens is 1. The molecule has 2 N–H and O–H groups in total. The number of rotatable bonds is 7. The molecule has 3 aromatic rings. The molecule has 0 spiro atoms. The molecule has 0 aliphatic heterocycles. The first-order chi connectivity index (χ1) is 14.4. The van der Waals surface area contributed by atoms with Crippen molar-refractivity contribution < 1.29 is 17.6 Å². The van der Waals surface area contributed by atoms with Crippen LogP contribution in [0.3, 0.4) is 0 Å². The lowest BCUT2D eigenvalue weighted by Gasteiger charge is -2.22. The summed E-state index contributed by atoms with van der Waals surface area (Å²) in [6.45, 7) is 3.51. The Hall–Kier alpha value is -3.30. The molecule has 10 heteroatoms. The quantitative estimate of drug-likeness (QED) is 0.450. The highest BCUT2D eigenvalue weighted by atomic mass is 19.4. The molecule has 0 unspecified atom stereocenters. The summed E-state index contributed by atoms with van der Waals surface area (Å²) in [7, 11) is 1.84. The van der Waals surface area contributed by atoms with Gasteiger partial charge in [0.05, 0.1) is 11.8 Å². The molecule has 2 aromatic heterocycles. The Balaban J connectivity index is 1.59. The van der Waals surface area contributed by atoms with Crippen molar-refractivity contribution in [3.63, 3.8) is 0 Å². The van der Waals surface area contributed by atoms with Gasteiger partial charge in [-0.2, -0.15) is 18.3 Å². The second-order valence-electron chi connectivity index (χ2n) is 6.62. The topological polar surface area (TPSA) is 82.3 Å². The molecule has 0 saturated carbocycles. The molecular weight excluding hydrogens is 397 g/mol. The number of aliphatic imine (C=N–C) groups is 1. The van der Waals surface area contributed by atoms with Crippen LogP contribution in [0.1, 0.15) is 23.9 Å². The number of nitrogens with zero attached hydrogens (tertiary/aromatic N) is 4. The summed E-state index contributed by atoms with van der Waals surface area (Å²) in [4.78, 5) is 10.8. The summed E-state index contributed by atoms with van der Waals surface area (Å²) in [6.07, 6.45) is -2.22. The van der Waals surface area contributed by atoms with Crippen LogP contribution in [0.15, 0.2) is 52.1 Å². The molecule has 30 heavy (non-hydrogen) atoms. The molecule has 0 bridgehead atoms. The largest absolute Gasteiger partial charge is 0.461 e. The highest BCUT2D eigenvalue weighted by Crippen LogP contribution is 2.29. The van der Waals surface area contributed by atoms with Gasteiger partial charge in [-0.05, 0) is 36.8 Å². The van der Waals surface area contributed by atoms with E-state index in [1.165, 1.54) is 12.1 Å². The first kappa shape index (κ1) is 21.4. The Morgan fingerprint density at radius 1 is 1.23 bits per heavy atom. The maximum atomic E-state index is 12.7. The third kappa shape index (κ3) is 5.62. The fourth-order valence-electron chi connectivity index (χ4n) is 2.81. The van der Waals surface area contributed by atoms with Gasteiger partial charge >= 0.3 is 6.18 Å². The number of guanidine groups is 1. The van der Waals surface area contributed by atoms with Crippen molar-refractivity contribution in [1.29, 1.82) is 0 Å². The van der Waals surface area contributed by atoms with Crippen LogP contribution in [0.25, 0.3) is 11.6 Å². The van der Waals surface area contributed by atoms with Crippen LogP contribution in [0.2, 0.25) is 0 Å². The summed E-state index contributed by atoms with van der Waals surface area (Å²) < 4.78 is 43.4. The van der Waals surface area contributed by atoms with Gasteiger partial charge in [0.25, 0.3) is 0 Å². The van der Waals surface area contributed by atoms with Gasteiger partial charge in [-0.25, -0.2) is 4.98 Å². The van der Waals surface area contributed by atoms with E-state index in [-0.39, 0.29) is 0 Å². The number of aromatic amines is 1. The minimum Gasteiger partial charge on any atom is -0.461 e. The fourth-order valence-corrected chi connectivity index (χ4v) is 2.81. The van der Waals surface area contributed by atoms with Crippen molar-refractivity contribution >= 4 is 5.96 Å². The SMILES string of the molecule is CCNC(=NCCc1nc(-c2ccco2)n[nH]1)N(C)Cc1ccc(C(F)(F)F)cc1. The number of nitrogens with one attached hydrogen (secondary N) is 2. The van der Waals surface area contributed by atoms with E-state index in [4.69, 9.17) is 4.42 Å². The maximum absolute atomic E-state index is 12.7. The molecule has 0 radical (unpaired) electrons. The normalized spacial score (nSPS) is 12.2. The summed E-state index contributed by atoms with van der Waals surface area (Å²) in [5.74, 6) is 2.42. The molecule has 0 saturated heterocycles. The predicted molar refractivity (Wildman–Crippen MR) is 107 cm³/mol. The van der Waals surface area contributed by atoms with E-state index < -0.39 is 11.7 Å². The first-order valence-electron chi connectivity index (χ1n) is 9.47. The van der Waals surface area contributed by atoms with Crippen molar-refractivity contribution in [3.05, 3.63) is 59.6 Å². The maximum Gasteiger partial charge on any atom is 0.416 e. The molecule has 7 nitrogen and oxygen atoms in total. The smallest absolute Gasteiger partial charge is 0.416 e. The average Bonchev–Trinajstić information content (AvgIpc) is 3.39. The zero-order valence-electron chi connectivity index (χ0n) is 16.7. The lowest BCUT2D eigenvalue weighted by molar-refractivity contribution is -0.137. The van der Waals surface area contributed by atoms with Gasteiger partial charge in [-0.15, -0.1) is 0 Å². The zero-order valence-corrected chi connectivity index (χ0v) is 16.7. The van der Waals surface area contributed by atoms with Crippen LogP contribution in [0.5, 0.6) is 0 Å². The second-order valence-corrected chi connectivity index (χ2v) is 6.62. The minimum atomic E-state index is -4.33. The van der Waals surface area contributed by atoms with Gasteiger partial charge in [-0.3, -0.25) is 10.1 Å². The highest BCUT2D eigenvalue weighted by molar-refractivity contribution is 5.79. The van der Waals surface area contributed by atoms with Crippen molar-refractivity contribution in [1.82, 2.24) is 25.4 Å². The number of alkyl halides is 3. The standard InChI is InChI=1S/C20H23F3N6O/c1-3-24-19(29(2)13-14-6-8-15(9-7-14)20(21,22)23)25-11-10-17-26-18(28-27-17)16-5-4-12-30-16/h4-9,12H,3,10-11,13H2,1-2H3,(H,24,25)(H,26,27,28). The molecule has 0 atom stereocenters. The molecule has 0 aliphatic rings. The van der Waals surface area contributed by atoms with E-state index in [1.807, 2.05) is 18.9 Å². The molecule has 0 fully saturated rings. The van der Waals surface area contributed by atoms with Gasteiger partial charge in [0.1, 0.15) is 5.82 Å². The molecule has 1 aromatic carbocycles. The lowest BCUT2D eigenvalue weighted by Crippen LogP contribution is -2.38. The van der Waals surface area contributed by atoms with E-state index in [1.54, 1.807) is 18.4 Å². The van der Waals surface area contributed by atoms with Crippen LogP contribution in [0, 0.1) is 0 Å². The summed E-state index contributed by atoms with van der Waals surface area (Å²) in [6, 6.07) is 8.69. The zero-order chi connectivity index (χ0) is 21.6. The van der Waals surface area contributed by atoms with Crippen molar-refractivity contribution in [2.75, 3.05) is 20.1 Å². The molecule has 160 valence electrons. The molecule has 3 rings (SSSR count). The molecular formula is C20H23F3N6O. The molecule has 2 heterocycles. The van der Waals surface area contributed by atoms with Crippen LogP contribution in [-0.4, -0.2) is 46.2 Å². The minimum absolute atomic E-state index is 0.426. The van der Waals surface area contributed by atoms with Gasteiger partial charge in [0.2, 0.25) is 5.82 Å².